The first kappa shape index (κ1) is 11.0. The van der Waals surface area contributed by atoms with Gasteiger partial charge in [-0.15, -0.1) is 0 Å². The summed E-state index contributed by atoms with van der Waals surface area (Å²) in [6, 6.07) is 0. The number of rotatable bonds is 2. The smallest absolute Gasteiger partial charge is 0.228 e. The fourth-order valence-corrected chi connectivity index (χ4v) is 3.03. The van der Waals surface area contributed by atoms with Crippen molar-refractivity contribution in [2.24, 2.45) is 17.3 Å². The molecule has 2 heteroatoms. The maximum absolute atomic E-state index is 12.3. The van der Waals surface area contributed by atoms with Crippen molar-refractivity contribution in [3.63, 3.8) is 0 Å². The second-order valence-electron chi connectivity index (χ2n) is 5.77. The molecule has 0 bridgehead atoms. The van der Waals surface area contributed by atoms with Crippen LogP contribution in [0.3, 0.4) is 0 Å². The molecule has 2 rings (SSSR count). The topological polar surface area (TPSA) is 20.3 Å². The first-order chi connectivity index (χ1) is 7.07. The van der Waals surface area contributed by atoms with Gasteiger partial charge in [0.25, 0.3) is 0 Å². The average molecular weight is 209 g/mol. The average Bonchev–Trinajstić information content (AvgIpc) is 2.55. The third-order valence-corrected chi connectivity index (χ3v) is 4.55. The van der Waals surface area contributed by atoms with Crippen LogP contribution in [0.2, 0.25) is 0 Å². The SMILES string of the molecule is CC[C@H]1CN(C(=O)C2(C)CCC2)C[C@H]1C. The molecule has 1 amide bonds. The molecule has 0 aromatic rings. The molecule has 15 heavy (non-hydrogen) atoms. The Kier molecular flexibility index (Phi) is 2.78. The molecule has 0 N–H and O–H groups in total. The number of carbonyl (C=O) groups excluding carboxylic acids is 1. The van der Waals surface area contributed by atoms with E-state index in [1.807, 2.05) is 0 Å². The largest absolute Gasteiger partial charge is 0.342 e. The second kappa shape index (κ2) is 3.80. The van der Waals surface area contributed by atoms with E-state index in [1.165, 1.54) is 12.8 Å². The standard InChI is InChI=1S/C13H23NO/c1-4-11-9-14(8-10(11)2)12(15)13(3)6-5-7-13/h10-11H,4-9H2,1-3H3/t10-,11+/m1/s1. The van der Waals surface area contributed by atoms with Crippen LogP contribution in [0.15, 0.2) is 0 Å². The maximum Gasteiger partial charge on any atom is 0.228 e. The van der Waals surface area contributed by atoms with Crippen molar-refractivity contribution in [1.82, 2.24) is 4.90 Å². The molecule has 1 heterocycles. The molecule has 1 aliphatic carbocycles. The van der Waals surface area contributed by atoms with Crippen LogP contribution in [0, 0.1) is 17.3 Å². The number of nitrogens with zero attached hydrogens (tertiary/aromatic N) is 1. The highest BCUT2D eigenvalue weighted by Crippen LogP contribution is 2.43. The van der Waals surface area contributed by atoms with Crippen molar-refractivity contribution < 1.29 is 4.79 Å². The predicted octanol–water partition coefficient (Wildman–Crippen LogP) is 2.68. The van der Waals surface area contributed by atoms with Gasteiger partial charge in [-0.1, -0.05) is 33.6 Å². The molecule has 0 spiro atoms. The van der Waals surface area contributed by atoms with Crippen LogP contribution >= 0.6 is 0 Å². The summed E-state index contributed by atoms with van der Waals surface area (Å²) in [4.78, 5) is 14.4. The van der Waals surface area contributed by atoms with Crippen LogP contribution in [0.4, 0.5) is 0 Å². The van der Waals surface area contributed by atoms with E-state index in [4.69, 9.17) is 0 Å². The Balaban J connectivity index is 1.98. The molecule has 0 radical (unpaired) electrons. The Morgan fingerprint density at radius 2 is 2.07 bits per heavy atom. The second-order valence-corrected chi connectivity index (χ2v) is 5.77. The van der Waals surface area contributed by atoms with E-state index in [0.29, 0.717) is 11.8 Å². The van der Waals surface area contributed by atoms with E-state index in [9.17, 15) is 4.79 Å². The number of hydrogen-bond acceptors (Lipinski definition) is 1. The highest BCUT2D eigenvalue weighted by molar-refractivity contribution is 5.83. The van der Waals surface area contributed by atoms with E-state index in [-0.39, 0.29) is 5.41 Å². The summed E-state index contributed by atoms with van der Waals surface area (Å²) >= 11 is 0. The molecule has 2 atom stereocenters. The van der Waals surface area contributed by atoms with Crippen molar-refractivity contribution in [2.45, 2.75) is 46.5 Å². The summed E-state index contributed by atoms with van der Waals surface area (Å²) in [5.74, 6) is 1.86. The lowest BCUT2D eigenvalue weighted by Crippen LogP contribution is -2.45. The molecule has 2 nitrogen and oxygen atoms in total. The van der Waals surface area contributed by atoms with Gasteiger partial charge in [0.1, 0.15) is 0 Å². The summed E-state index contributed by atoms with van der Waals surface area (Å²) in [5.41, 5.74) is 0.00233. The zero-order chi connectivity index (χ0) is 11.1. The number of carbonyl (C=O) groups is 1. The van der Waals surface area contributed by atoms with Gasteiger partial charge in [-0.2, -0.15) is 0 Å². The summed E-state index contributed by atoms with van der Waals surface area (Å²) < 4.78 is 0. The van der Waals surface area contributed by atoms with Gasteiger partial charge in [0, 0.05) is 18.5 Å². The lowest BCUT2D eigenvalue weighted by molar-refractivity contribution is -0.145. The van der Waals surface area contributed by atoms with E-state index in [2.05, 4.69) is 25.7 Å². The lowest BCUT2D eigenvalue weighted by atomic mass is 9.69. The van der Waals surface area contributed by atoms with E-state index in [0.717, 1.165) is 31.8 Å². The Labute approximate surface area is 93.0 Å². The van der Waals surface area contributed by atoms with Crippen LogP contribution in [0.1, 0.15) is 46.5 Å². The normalized spacial score (nSPS) is 33.9. The van der Waals surface area contributed by atoms with Crippen LogP contribution in [0.5, 0.6) is 0 Å². The molecule has 1 saturated heterocycles. The van der Waals surface area contributed by atoms with Gasteiger partial charge in [-0.25, -0.2) is 0 Å². The van der Waals surface area contributed by atoms with E-state index in [1.54, 1.807) is 0 Å². The van der Waals surface area contributed by atoms with Crippen LogP contribution in [-0.4, -0.2) is 23.9 Å². The Morgan fingerprint density at radius 1 is 1.40 bits per heavy atom. The molecule has 1 aliphatic heterocycles. The number of likely N-dealkylation sites (tertiary alicyclic amines) is 1. The van der Waals surface area contributed by atoms with Crippen molar-refractivity contribution in [3.05, 3.63) is 0 Å². The van der Waals surface area contributed by atoms with Crippen molar-refractivity contribution in [1.29, 1.82) is 0 Å². The first-order valence-corrected chi connectivity index (χ1v) is 6.36. The first-order valence-electron chi connectivity index (χ1n) is 6.36. The van der Waals surface area contributed by atoms with Gasteiger partial charge >= 0.3 is 0 Å². The van der Waals surface area contributed by atoms with Crippen molar-refractivity contribution in [2.75, 3.05) is 13.1 Å². The van der Waals surface area contributed by atoms with Gasteiger partial charge in [-0.3, -0.25) is 4.79 Å². The Bertz CT molecular complexity index is 257. The zero-order valence-electron chi connectivity index (χ0n) is 10.3. The molecule has 0 aromatic carbocycles. The van der Waals surface area contributed by atoms with Crippen LogP contribution in [0.25, 0.3) is 0 Å². The highest BCUT2D eigenvalue weighted by Gasteiger charge is 2.44. The van der Waals surface area contributed by atoms with Gasteiger partial charge in [0.2, 0.25) is 5.91 Å². The lowest BCUT2D eigenvalue weighted by Gasteiger charge is -2.39. The molecule has 2 aliphatic rings. The summed E-state index contributed by atoms with van der Waals surface area (Å²) in [7, 11) is 0. The van der Waals surface area contributed by atoms with E-state index >= 15 is 0 Å². The fraction of sp³-hybridized carbons (Fsp3) is 0.923. The Hall–Kier alpha value is -0.530. The molecular weight excluding hydrogens is 186 g/mol. The molecule has 0 aromatic heterocycles. The third kappa shape index (κ3) is 1.79. The van der Waals surface area contributed by atoms with Gasteiger partial charge < -0.3 is 4.90 Å². The van der Waals surface area contributed by atoms with Crippen molar-refractivity contribution >= 4 is 5.91 Å². The summed E-state index contributed by atoms with van der Waals surface area (Å²) in [6.45, 7) is 8.66. The quantitative estimate of drug-likeness (QED) is 0.684. The van der Waals surface area contributed by atoms with Crippen LogP contribution < -0.4 is 0 Å². The Morgan fingerprint density at radius 3 is 2.47 bits per heavy atom. The van der Waals surface area contributed by atoms with E-state index < -0.39 is 0 Å². The van der Waals surface area contributed by atoms with Crippen molar-refractivity contribution in [3.8, 4) is 0 Å². The number of amides is 1. The predicted molar refractivity (Wildman–Crippen MR) is 61.5 cm³/mol. The minimum absolute atomic E-state index is 0.00233. The molecule has 0 unspecified atom stereocenters. The van der Waals surface area contributed by atoms with Gasteiger partial charge in [0.05, 0.1) is 0 Å². The summed E-state index contributed by atoms with van der Waals surface area (Å²) in [6.07, 6.45) is 4.66. The third-order valence-electron chi connectivity index (χ3n) is 4.55. The maximum atomic E-state index is 12.3. The number of hydrogen-bond donors (Lipinski definition) is 0. The summed E-state index contributed by atoms with van der Waals surface area (Å²) in [5, 5.41) is 0. The van der Waals surface area contributed by atoms with Gasteiger partial charge in [0.15, 0.2) is 0 Å². The van der Waals surface area contributed by atoms with Gasteiger partial charge in [-0.05, 0) is 24.7 Å². The fourth-order valence-electron chi connectivity index (χ4n) is 3.03. The molecule has 1 saturated carbocycles. The molecular formula is C13H23NO. The van der Waals surface area contributed by atoms with Crippen LogP contribution in [-0.2, 0) is 4.79 Å². The highest BCUT2D eigenvalue weighted by atomic mass is 16.2. The molecule has 2 fully saturated rings. The zero-order valence-corrected chi connectivity index (χ0v) is 10.3. The minimum atomic E-state index is 0.00233. The molecule has 86 valence electrons. The monoisotopic (exact) mass is 209 g/mol. The minimum Gasteiger partial charge on any atom is -0.342 e.